The summed E-state index contributed by atoms with van der Waals surface area (Å²) in [4.78, 5) is 24.2. The van der Waals surface area contributed by atoms with Crippen LogP contribution in [0.4, 0.5) is 4.79 Å². The van der Waals surface area contributed by atoms with Crippen LogP contribution in [0.2, 0.25) is 0 Å². The van der Waals surface area contributed by atoms with Crippen LogP contribution in [-0.2, 0) is 14.3 Å². The summed E-state index contributed by atoms with van der Waals surface area (Å²) in [5.41, 5.74) is 0.395. The fraction of sp³-hybridized carbons (Fsp3) is 0.667. The minimum absolute atomic E-state index is 0.349. The highest BCUT2D eigenvalue weighted by atomic mass is 16.6. The fourth-order valence-electron chi connectivity index (χ4n) is 1.34. The molecule has 0 bridgehead atoms. The minimum atomic E-state index is -0.488. The predicted molar refractivity (Wildman–Crippen MR) is 62.5 cm³/mol. The summed E-state index contributed by atoms with van der Waals surface area (Å²) < 4.78 is 9.96. The Kier molecular flexibility index (Phi) is 4.15. The van der Waals surface area contributed by atoms with Gasteiger partial charge in [0.25, 0.3) is 0 Å². The van der Waals surface area contributed by atoms with Gasteiger partial charge in [-0.05, 0) is 33.3 Å². The van der Waals surface area contributed by atoms with Crippen molar-refractivity contribution in [3.05, 3.63) is 11.6 Å². The SMILES string of the molecule is CCOC(=O)C=C1CN(C(=O)OC(C)(C)C)C1. The van der Waals surface area contributed by atoms with E-state index in [1.165, 1.54) is 11.0 Å². The third kappa shape index (κ3) is 4.46. The molecular formula is C12H19NO4. The molecule has 5 nitrogen and oxygen atoms in total. The van der Waals surface area contributed by atoms with E-state index in [0.29, 0.717) is 19.7 Å². The molecule has 0 aromatic rings. The van der Waals surface area contributed by atoms with E-state index >= 15 is 0 Å². The number of likely N-dealkylation sites (tertiary alicyclic amines) is 1. The summed E-state index contributed by atoms with van der Waals surface area (Å²) in [5, 5.41) is 0. The lowest BCUT2D eigenvalue weighted by Crippen LogP contribution is -2.47. The van der Waals surface area contributed by atoms with Crippen LogP contribution >= 0.6 is 0 Å². The number of carbonyl (C=O) groups excluding carboxylic acids is 2. The number of nitrogens with zero attached hydrogens (tertiary/aromatic N) is 1. The largest absolute Gasteiger partial charge is 0.463 e. The Hall–Kier alpha value is -1.52. The van der Waals surface area contributed by atoms with Crippen LogP contribution in [-0.4, -0.2) is 42.3 Å². The van der Waals surface area contributed by atoms with Crippen LogP contribution in [0.1, 0.15) is 27.7 Å². The second-order valence-electron chi connectivity index (χ2n) is 4.89. The van der Waals surface area contributed by atoms with E-state index in [-0.39, 0.29) is 12.1 Å². The van der Waals surface area contributed by atoms with Crippen LogP contribution < -0.4 is 0 Å². The lowest BCUT2D eigenvalue weighted by molar-refractivity contribution is -0.137. The standard InChI is InChI=1S/C12H19NO4/c1-5-16-10(14)6-9-7-13(8-9)11(15)17-12(2,3)4/h6H,5,7-8H2,1-4H3. The van der Waals surface area contributed by atoms with Crippen LogP contribution in [0.5, 0.6) is 0 Å². The average molecular weight is 241 g/mol. The predicted octanol–water partition coefficient (Wildman–Crippen LogP) is 1.73. The molecular weight excluding hydrogens is 222 g/mol. The molecule has 0 aromatic heterocycles. The molecule has 0 aromatic carbocycles. The third-order valence-electron chi connectivity index (χ3n) is 2.05. The van der Waals surface area contributed by atoms with E-state index in [2.05, 4.69) is 0 Å². The molecule has 0 unspecified atom stereocenters. The van der Waals surface area contributed by atoms with Crippen LogP contribution in [0.15, 0.2) is 11.6 Å². The van der Waals surface area contributed by atoms with Crippen molar-refractivity contribution >= 4 is 12.1 Å². The zero-order chi connectivity index (χ0) is 13.1. The lowest BCUT2D eigenvalue weighted by Gasteiger charge is -2.35. The van der Waals surface area contributed by atoms with E-state index < -0.39 is 5.60 Å². The molecule has 1 amide bonds. The normalized spacial score (nSPS) is 15.1. The summed E-state index contributed by atoms with van der Waals surface area (Å²) in [6.45, 7) is 8.45. The Morgan fingerprint density at radius 2 is 1.94 bits per heavy atom. The summed E-state index contributed by atoms with van der Waals surface area (Å²) in [6.07, 6.45) is 1.09. The topological polar surface area (TPSA) is 55.8 Å². The van der Waals surface area contributed by atoms with E-state index in [0.717, 1.165) is 5.57 Å². The molecule has 96 valence electrons. The van der Waals surface area contributed by atoms with Crippen molar-refractivity contribution in [2.45, 2.75) is 33.3 Å². The highest BCUT2D eigenvalue weighted by Gasteiger charge is 2.29. The van der Waals surface area contributed by atoms with E-state index in [9.17, 15) is 9.59 Å². The van der Waals surface area contributed by atoms with Gasteiger partial charge in [-0.15, -0.1) is 0 Å². The minimum Gasteiger partial charge on any atom is -0.463 e. The molecule has 0 radical (unpaired) electrons. The van der Waals surface area contributed by atoms with Crippen LogP contribution in [0.25, 0.3) is 0 Å². The van der Waals surface area contributed by atoms with Crippen molar-refractivity contribution in [1.82, 2.24) is 4.90 Å². The average Bonchev–Trinajstić information content (AvgIpc) is 2.07. The van der Waals surface area contributed by atoms with Gasteiger partial charge in [-0.2, -0.15) is 0 Å². The summed E-state index contributed by atoms with van der Waals surface area (Å²) >= 11 is 0. The maximum Gasteiger partial charge on any atom is 0.410 e. The Balaban J connectivity index is 2.36. The third-order valence-corrected chi connectivity index (χ3v) is 2.05. The van der Waals surface area contributed by atoms with Crippen molar-refractivity contribution in [3.8, 4) is 0 Å². The van der Waals surface area contributed by atoms with Gasteiger partial charge in [0.05, 0.1) is 6.61 Å². The maximum absolute atomic E-state index is 11.6. The van der Waals surface area contributed by atoms with Crippen molar-refractivity contribution in [1.29, 1.82) is 0 Å². The van der Waals surface area contributed by atoms with Gasteiger partial charge in [0.15, 0.2) is 0 Å². The van der Waals surface area contributed by atoms with Gasteiger partial charge in [-0.3, -0.25) is 0 Å². The quantitative estimate of drug-likeness (QED) is 0.545. The second-order valence-corrected chi connectivity index (χ2v) is 4.89. The fourth-order valence-corrected chi connectivity index (χ4v) is 1.34. The zero-order valence-electron chi connectivity index (χ0n) is 10.8. The second kappa shape index (κ2) is 5.21. The molecule has 1 heterocycles. The monoisotopic (exact) mass is 241 g/mol. The highest BCUT2D eigenvalue weighted by molar-refractivity contribution is 5.84. The number of amides is 1. The molecule has 0 saturated carbocycles. The molecule has 5 heteroatoms. The van der Waals surface area contributed by atoms with Crippen molar-refractivity contribution < 1.29 is 19.1 Å². The molecule has 1 aliphatic rings. The van der Waals surface area contributed by atoms with Gasteiger partial charge in [0.2, 0.25) is 0 Å². The molecule has 0 aliphatic carbocycles. The van der Waals surface area contributed by atoms with Crippen molar-refractivity contribution in [2.24, 2.45) is 0 Å². The summed E-state index contributed by atoms with van der Waals surface area (Å²) in [5.74, 6) is -0.355. The van der Waals surface area contributed by atoms with Crippen molar-refractivity contribution in [2.75, 3.05) is 19.7 Å². The molecule has 1 fully saturated rings. The number of carbonyl (C=O) groups is 2. The van der Waals surface area contributed by atoms with Gasteiger partial charge < -0.3 is 14.4 Å². The summed E-state index contributed by atoms with van der Waals surface area (Å²) in [6, 6.07) is 0. The Morgan fingerprint density at radius 1 is 1.35 bits per heavy atom. The summed E-state index contributed by atoms with van der Waals surface area (Å²) in [7, 11) is 0. The first-order chi connectivity index (χ1) is 7.81. The lowest BCUT2D eigenvalue weighted by atomic mass is 10.1. The van der Waals surface area contributed by atoms with Gasteiger partial charge in [0, 0.05) is 19.2 Å². The molecule has 0 atom stereocenters. The van der Waals surface area contributed by atoms with Gasteiger partial charge >= 0.3 is 12.1 Å². The number of rotatable bonds is 2. The van der Waals surface area contributed by atoms with E-state index in [1.807, 2.05) is 20.8 Å². The van der Waals surface area contributed by atoms with Crippen LogP contribution in [0.3, 0.4) is 0 Å². The first-order valence-corrected chi connectivity index (χ1v) is 5.66. The number of ether oxygens (including phenoxy) is 2. The molecule has 1 aliphatic heterocycles. The molecule has 0 spiro atoms. The molecule has 17 heavy (non-hydrogen) atoms. The number of esters is 1. The molecule has 1 saturated heterocycles. The smallest absolute Gasteiger partial charge is 0.410 e. The number of hydrogen-bond acceptors (Lipinski definition) is 4. The zero-order valence-corrected chi connectivity index (χ0v) is 10.8. The Labute approximate surface area is 101 Å². The Bertz CT molecular complexity index is 333. The molecule has 1 rings (SSSR count). The maximum atomic E-state index is 11.6. The van der Waals surface area contributed by atoms with Crippen LogP contribution in [0, 0.1) is 0 Å². The highest BCUT2D eigenvalue weighted by Crippen LogP contribution is 2.18. The van der Waals surface area contributed by atoms with Gasteiger partial charge in [-0.1, -0.05) is 0 Å². The van der Waals surface area contributed by atoms with Crippen molar-refractivity contribution in [3.63, 3.8) is 0 Å². The van der Waals surface area contributed by atoms with E-state index in [1.54, 1.807) is 6.92 Å². The number of hydrogen-bond donors (Lipinski definition) is 0. The van der Waals surface area contributed by atoms with E-state index in [4.69, 9.17) is 9.47 Å². The van der Waals surface area contributed by atoms with Gasteiger partial charge in [-0.25, -0.2) is 9.59 Å². The molecule has 0 N–H and O–H groups in total. The first-order valence-electron chi connectivity index (χ1n) is 5.66. The Morgan fingerprint density at radius 3 is 2.41 bits per heavy atom. The van der Waals surface area contributed by atoms with Gasteiger partial charge in [0.1, 0.15) is 5.60 Å². The first kappa shape index (κ1) is 13.5.